The predicted molar refractivity (Wildman–Crippen MR) is 225 cm³/mol. The van der Waals surface area contributed by atoms with Crippen LogP contribution in [-0.2, 0) is 64.2 Å². The molecule has 0 saturated carbocycles. The Morgan fingerprint density at radius 1 is 0.673 bits per heavy atom. The second-order valence-corrected chi connectivity index (χ2v) is 22.4. The van der Waals surface area contributed by atoms with E-state index >= 15 is 0 Å². The highest BCUT2D eigenvalue weighted by molar-refractivity contribution is 8.14. The quantitative estimate of drug-likeness (QED) is 0.0253. The first-order valence-corrected chi connectivity index (χ1v) is 24.3. The van der Waals surface area contributed by atoms with Gasteiger partial charge in [0.05, 0.1) is 39.3 Å². The first kappa shape index (κ1) is 44.4. The lowest BCUT2D eigenvalue weighted by atomic mass is 10.0. The molecule has 0 spiro atoms. The fraction of sp³-hybridized carbons (Fsp3) is 0.419. The summed E-state index contributed by atoms with van der Waals surface area (Å²) in [7, 11) is -6.39. The average molecular weight is 808 g/mol. The number of hydrogen-bond acceptors (Lipinski definition) is 10. The molecule has 9 nitrogen and oxygen atoms in total. The van der Waals surface area contributed by atoms with Crippen molar-refractivity contribution in [2.75, 3.05) is 18.6 Å². The maximum absolute atomic E-state index is 13.0. The van der Waals surface area contributed by atoms with Gasteiger partial charge in [0.25, 0.3) is 18.4 Å². The van der Waals surface area contributed by atoms with E-state index in [9.17, 15) is 8.42 Å². The minimum atomic E-state index is -4.02. The zero-order chi connectivity index (χ0) is 39.7. The summed E-state index contributed by atoms with van der Waals surface area (Å²) in [5.41, 5.74) is 3.67. The lowest BCUT2D eigenvalue weighted by molar-refractivity contribution is -0.168. The smallest absolute Gasteiger partial charge is 0.286 e. The number of oxime groups is 1. The van der Waals surface area contributed by atoms with Crippen LogP contribution in [0.5, 0.6) is 0 Å². The van der Waals surface area contributed by atoms with Crippen LogP contribution in [0.3, 0.4) is 0 Å². The molecular formula is C43H57NO8S2Si. The largest absolute Gasteiger partial charge is 0.454 e. The van der Waals surface area contributed by atoms with Gasteiger partial charge in [0.15, 0.2) is 0 Å². The summed E-state index contributed by atoms with van der Waals surface area (Å²) in [5, 5.41) is 5.30. The first-order chi connectivity index (χ1) is 26.3. The number of ether oxygens (including phenoxy) is 4. The molecular weight excluding hydrogens is 751 g/mol. The minimum Gasteiger partial charge on any atom is -0.454 e. The van der Waals surface area contributed by atoms with Crippen LogP contribution in [0.1, 0.15) is 49.9 Å². The number of thioether (sulfide) groups is 1. The van der Waals surface area contributed by atoms with Gasteiger partial charge in [-0.05, 0) is 46.1 Å². The second kappa shape index (κ2) is 21.8. The fourth-order valence-corrected chi connectivity index (χ4v) is 7.27. The normalized spacial score (nSPS) is 14.9. The predicted octanol–water partition coefficient (Wildman–Crippen LogP) is 9.39. The van der Waals surface area contributed by atoms with Gasteiger partial charge in [-0.1, -0.05) is 154 Å². The molecule has 0 aliphatic carbocycles. The van der Waals surface area contributed by atoms with E-state index in [2.05, 4.69) is 33.9 Å². The van der Waals surface area contributed by atoms with Gasteiger partial charge in [0.1, 0.15) is 29.5 Å². The maximum atomic E-state index is 13.0. The molecule has 4 atom stereocenters. The average Bonchev–Trinajstić information content (AvgIpc) is 3.16. The Hall–Kier alpha value is -3.33. The maximum Gasteiger partial charge on any atom is 0.286 e. The molecule has 0 amide bonds. The summed E-state index contributed by atoms with van der Waals surface area (Å²) in [6.07, 6.45) is -2.98. The van der Waals surface area contributed by atoms with Crippen molar-refractivity contribution in [1.29, 1.82) is 0 Å². The van der Waals surface area contributed by atoms with E-state index in [1.807, 2.05) is 128 Å². The van der Waals surface area contributed by atoms with Crippen molar-refractivity contribution >= 4 is 35.2 Å². The highest BCUT2D eigenvalue weighted by atomic mass is 32.2. The third kappa shape index (κ3) is 15.3. The topological polar surface area (TPSA) is 102 Å². The third-order valence-electron chi connectivity index (χ3n) is 9.23. The molecule has 4 aromatic carbocycles. The van der Waals surface area contributed by atoms with Gasteiger partial charge in [0.2, 0.25) is 0 Å². The Kier molecular flexibility index (Phi) is 17.6. The Labute approximate surface area is 334 Å². The summed E-state index contributed by atoms with van der Waals surface area (Å²) in [4.78, 5) is 0. The summed E-state index contributed by atoms with van der Waals surface area (Å²) in [6, 6.07) is 39.0. The number of nitrogens with zero attached hydrogens (tertiary/aromatic N) is 1. The van der Waals surface area contributed by atoms with Gasteiger partial charge < -0.3 is 23.5 Å². The molecule has 0 saturated heterocycles. The third-order valence-corrected chi connectivity index (χ3v) is 14.9. The highest BCUT2D eigenvalue weighted by Crippen LogP contribution is 2.37. The summed E-state index contributed by atoms with van der Waals surface area (Å²) in [6.45, 7) is 13.4. The molecule has 0 bridgehead atoms. The van der Waals surface area contributed by atoms with Crippen LogP contribution in [0.4, 0.5) is 0 Å². The molecule has 0 unspecified atom stereocenters. The van der Waals surface area contributed by atoms with Gasteiger partial charge in [-0.15, -0.1) is 11.8 Å². The van der Waals surface area contributed by atoms with Gasteiger partial charge >= 0.3 is 0 Å². The van der Waals surface area contributed by atoms with E-state index in [-0.39, 0.29) is 38.1 Å². The first-order valence-electron chi connectivity index (χ1n) is 18.6. The van der Waals surface area contributed by atoms with Crippen molar-refractivity contribution in [2.45, 2.75) is 96.7 Å². The molecule has 0 aliphatic heterocycles. The van der Waals surface area contributed by atoms with Gasteiger partial charge in [0, 0.05) is 0 Å². The molecule has 0 aliphatic rings. The molecule has 0 fully saturated rings. The van der Waals surface area contributed by atoms with Crippen molar-refractivity contribution in [3.05, 3.63) is 144 Å². The SMILES string of the molecule is CCS/C(=N\O[Si](C)(C)C(C)(C)C)[C@@H](OCc1ccccc1)[C@@H](OCc1ccccc1)[C@H](OCc1ccccc1)[C@@H](COCc1ccccc1)OS(C)(=O)=O. The number of benzene rings is 4. The molecule has 0 heterocycles. The monoisotopic (exact) mass is 807 g/mol. The van der Waals surface area contributed by atoms with Crippen molar-refractivity contribution in [3.63, 3.8) is 0 Å². The van der Waals surface area contributed by atoms with Crippen LogP contribution in [0.2, 0.25) is 18.1 Å². The Morgan fingerprint density at radius 2 is 1.09 bits per heavy atom. The van der Waals surface area contributed by atoms with E-state index in [4.69, 9.17) is 32.8 Å². The van der Waals surface area contributed by atoms with Crippen LogP contribution >= 0.6 is 11.8 Å². The molecule has 0 radical (unpaired) electrons. The van der Waals surface area contributed by atoms with Gasteiger partial charge in [-0.2, -0.15) is 8.42 Å². The van der Waals surface area contributed by atoms with E-state index in [1.165, 1.54) is 11.8 Å². The van der Waals surface area contributed by atoms with E-state index < -0.39 is 42.9 Å². The van der Waals surface area contributed by atoms with Crippen molar-refractivity contribution in [2.24, 2.45) is 5.16 Å². The Morgan fingerprint density at radius 3 is 1.51 bits per heavy atom. The van der Waals surface area contributed by atoms with E-state index in [0.717, 1.165) is 28.5 Å². The molecule has 4 aromatic rings. The standard InChI is InChI=1S/C43H57NO8S2Si/c1-8-53-42(44-52-55(6,7)43(2,3)4)41(50-32-37-27-19-12-20-28-37)40(49-31-36-25-17-11-18-26-36)39(48-30-35-23-15-10-16-24-35)38(51-54(5,45)46)33-47-29-34-21-13-9-14-22-34/h9-28,38-41H,8,29-33H2,1-7H3/b44-42-/t38-,39-,40+,41+/m1/s1. The molecule has 0 aromatic heterocycles. The zero-order valence-corrected chi connectivity index (χ0v) is 35.8. The van der Waals surface area contributed by atoms with E-state index in [1.54, 1.807) is 0 Å². The lowest BCUT2D eigenvalue weighted by Gasteiger charge is -2.38. The second-order valence-electron chi connectivity index (χ2n) is 14.8. The van der Waals surface area contributed by atoms with Crippen LogP contribution < -0.4 is 0 Å². The molecule has 4 rings (SSSR count). The van der Waals surface area contributed by atoms with E-state index in [0.29, 0.717) is 10.8 Å². The summed E-state index contributed by atoms with van der Waals surface area (Å²) < 4.78 is 65.2. The van der Waals surface area contributed by atoms with Crippen molar-refractivity contribution in [3.8, 4) is 0 Å². The van der Waals surface area contributed by atoms with Crippen molar-refractivity contribution in [1.82, 2.24) is 0 Å². The summed E-state index contributed by atoms with van der Waals surface area (Å²) >= 11 is 1.49. The zero-order valence-electron chi connectivity index (χ0n) is 33.1. The number of rotatable bonds is 22. The van der Waals surface area contributed by atoms with Gasteiger partial charge in [-0.25, -0.2) is 0 Å². The highest BCUT2D eigenvalue weighted by Gasteiger charge is 2.44. The van der Waals surface area contributed by atoms with Crippen LogP contribution in [-0.4, -0.2) is 64.8 Å². The molecule has 12 heteroatoms. The van der Waals surface area contributed by atoms with Crippen LogP contribution in [0, 0.1) is 0 Å². The fourth-order valence-electron chi connectivity index (χ4n) is 5.24. The van der Waals surface area contributed by atoms with Crippen molar-refractivity contribution < 1.29 is 36.1 Å². The molecule has 55 heavy (non-hydrogen) atoms. The molecule has 298 valence electrons. The Balaban J connectivity index is 1.87. The van der Waals surface area contributed by atoms with Crippen LogP contribution in [0.15, 0.2) is 126 Å². The lowest BCUT2D eigenvalue weighted by Crippen LogP contribution is -2.53. The minimum absolute atomic E-state index is 0.117. The number of hydrogen-bond donors (Lipinski definition) is 0. The Bertz CT molecular complexity index is 1810. The summed E-state index contributed by atoms with van der Waals surface area (Å²) in [5.74, 6) is 0.662. The van der Waals surface area contributed by atoms with Gasteiger partial charge in [-0.3, -0.25) is 4.18 Å². The van der Waals surface area contributed by atoms with Crippen LogP contribution in [0.25, 0.3) is 0 Å². The molecule has 0 N–H and O–H groups in total.